The zero-order valence-corrected chi connectivity index (χ0v) is 17.0. The van der Waals surface area contributed by atoms with E-state index in [1.807, 2.05) is 43.3 Å². The zero-order valence-electron chi connectivity index (χ0n) is 16.2. The molecule has 1 aliphatic rings. The Morgan fingerprint density at radius 2 is 1.89 bits per heavy atom. The second-order valence-electron chi connectivity index (χ2n) is 7.32. The molecule has 0 spiro atoms. The third kappa shape index (κ3) is 4.44. The average Bonchev–Trinajstić information content (AvgIpc) is 3.46. The van der Waals surface area contributed by atoms with Gasteiger partial charge in [-0.1, -0.05) is 48.2 Å². The number of nitrogens with zero attached hydrogens (tertiary/aromatic N) is 3. The summed E-state index contributed by atoms with van der Waals surface area (Å²) in [4.78, 5) is 12.4. The number of carbonyl (C=O) groups excluding carboxylic acids is 1. The number of rotatable bonds is 7. The fourth-order valence-corrected chi connectivity index (χ4v) is 3.86. The largest absolute Gasteiger partial charge is 0.325 e. The number of anilines is 1. The molecule has 0 bridgehead atoms. The first kappa shape index (κ1) is 18.7. The second-order valence-corrected chi connectivity index (χ2v) is 8.27. The average molecular weight is 393 g/mol. The Balaban J connectivity index is 1.44. The van der Waals surface area contributed by atoms with Crippen LogP contribution in [-0.4, -0.2) is 26.4 Å². The standard InChI is InChI=1S/C22H24N4OS/c1-15-8-11-19(12-16(15)2)23-20(27)14-28-22-25-24-21(18-9-10-18)26(22)13-17-6-4-3-5-7-17/h3-8,11-12,18H,9-10,13-14H2,1-2H3,(H,23,27). The quantitative estimate of drug-likeness (QED) is 0.599. The molecule has 2 aromatic carbocycles. The lowest BCUT2D eigenvalue weighted by molar-refractivity contribution is -0.113. The molecule has 28 heavy (non-hydrogen) atoms. The van der Waals surface area contributed by atoms with Gasteiger partial charge in [0.2, 0.25) is 5.91 Å². The highest BCUT2D eigenvalue weighted by molar-refractivity contribution is 7.99. The third-order valence-corrected chi connectivity index (χ3v) is 5.96. The second kappa shape index (κ2) is 8.19. The normalized spacial score (nSPS) is 13.5. The molecule has 0 unspecified atom stereocenters. The molecule has 6 heteroatoms. The fourth-order valence-electron chi connectivity index (χ4n) is 3.11. The van der Waals surface area contributed by atoms with Crippen LogP contribution in [0.3, 0.4) is 0 Å². The van der Waals surface area contributed by atoms with Crippen molar-refractivity contribution in [3.8, 4) is 0 Å². The van der Waals surface area contributed by atoms with E-state index in [0.29, 0.717) is 11.7 Å². The van der Waals surface area contributed by atoms with E-state index >= 15 is 0 Å². The number of amides is 1. The van der Waals surface area contributed by atoms with E-state index in [1.165, 1.54) is 41.3 Å². The van der Waals surface area contributed by atoms with Gasteiger partial charge in [0, 0.05) is 11.6 Å². The lowest BCUT2D eigenvalue weighted by Gasteiger charge is -2.10. The van der Waals surface area contributed by atoms with E-state index in [4.69, 9.17) is 0 Å². The number of aromatic nitrogens is 3. The molecule has 3 aromatic rings. The van der Waals surface area contributed by atoms with Gasteiger partial charge < -0.3 is 9.88 Å². The van der Waals surface area contributed by atoms with Crippen molar-refractivity contribution in [3.05, 3.63) is 71.0 Å². The van der Waals surface area contributed by atoms with Crippen LogP contribution >= 0.6 is 11.8 Å². The minimum atomic E-state index is -0.0320. The predicted octanol–water partition coefficient (Wildman–Crippen LogP) is 4.55. The van der Waals surface area contributed by atoms with Gasteiger partial charge in [-0.3, -0.25) is 4.79 Å². The van der Waals surface area contributed by atoms with Gasteiger partial charge in [-0.25, -0.2) is 0 Å². The maximum atomic E-state index is 12.4. The predicted molar refractivity (Wildman–Crippen MR) is 113 cm³/mol. The molecule has 1 fully saturated rings. The smallest absolute Gasteiger partial charge is 0.234 e. The Bertz CT molecular complexity index is 979. The van der Waals surface area contributed by atoms with Gasteiger partial charge in [-0.15, -0.1) is 10.2 Å². The van der Waals surface area contributed by atoms with Crippen LogP contribution in [0.4, 0.5) is 5.69 Å². The molecule has 1 N–H and O–H groups in total. The van der Waals surface area contributed by atoms with Crippen molar-refractivity contribution in [1.82, 2.24) is 14.8 Å². The summed E-state index contributed by atoms with van der Waals surface area (Å²) in [6.45, 7) is 4.85. The van der Waals surface area contributed by atoms with Gasteiger partial charge in [0.25, 0.3) is 0 Å². The van der Waals surface area contributed by atoms with Crippen LogP contribution in [0, 0.1) is 13.8 Å². The van der Waals surface area contributed by atoms with Crippen molar-refractivity contribution in [2.24, 2.45) is 0 Å². The summed E-state index contributed by atoms with van der Waals surface area (Å²) in [7, 11) is 0. The lowest BCUT2D eigenvalue weighted by Crippen LogP contribution is -2.15. The van der Waals surface area contributed by atoms with Crippen LogP contribution in [-0.2, 0) is 11.3 Å². The SMILES string of the molecule is Cc1ccc(NC(=O)CSc2nnc(C3CC3)n2Cc2ccccc2)cc1C. The molecular weight excluding hydrogens is 368 g/mol. The first-order valence-corrected chi connectivity index (χ1v) is 10.6. The Kier molecular flexibility index (Phi) is 5.48. The van der Waals surface area contributed by atoms with Crippen LogP contribution in [0.25, 0.3) is 0 Å². The van der Waals surface area contributed by atoms with Crippen molar-refractivity contribution in [3.63, 3.8) is 0 Å². The minimum Gasteiger partial charge on any atom is -0.325 e. The number of hydrogen-bond acceptors (Lipinski definition) is 4. The van der Waals surface area contributed by atoms with E-state index in [1.54, 1.807) is 0 Å². The molecule has 5 nitrogen and oxygen atoms in total. The topological polar surface area (TPSA) is 59.8 Å². The Morgan fingerprint density at radius 1 is 1.11 bits per heavy atom. The van der Waals surface area contributed by atoms with Crippen molar-refractivity contribution >= 4 is 23.4 Å². The van der Waals surface area contributed by atoms with Crippen LogP contribution < -0.4 is 5.32 Å². The van der Waals surface area contributed by atoms with Gasteiger partial charge in [0.15, 0.2) is 5.16 Å². The van der Waals surface area contributed by atoms with Gasteiger partial charge >= 0.3 is 0 Å². The Hall–Kier alpha value is -2.60. The van der Waals surface area contributed by atoms with Crippen LogP contribution in [0.15, 0.2) is 53.7 Å². The molecule has 4 rings (SSSR count). The maximum Gasteiger partial charge on any atom is 0.234 e. The fraction of sp³-hybridized carbons (Fsp3) is 0.318. The number of carbonyl (C=O) groups is 1. The monoisotopic (exact) mass is 392 g/mol. The summed E-state index contributed by atoms with van der Waals surface area (Å²) in [6.07, 6.45) is 2.34. The molecule has 0 saturated heterocycles. The molecule has 0 aliphatic heterocycles. The molecular formula is C22H24N4OS. The Labute approximate surface area is 169 Å². The molecule has 0 radical (unpaired) electrons. The van der Waals surface area contributed by atoms with Crippen molar-refractivity contribution in [2.45, 2.75) is 44.3 Å². The third-order valence-electron chi connectivity index (χ3n) is 4.99. The number of thioether (sulfide) groups is 1. The van der Waals surface area contributed by atoms with E-state index in [-0.39, 0.29) is 5.91 Å². The molecule has 1 amide bonds. The van der Waals surface area contributed by atoms with E-state index in [9.17, 15) is 4.79 Å². The molecule has 1 aliphatic carbocycles. The number of hydrogen-bond donors (Lipinski definition) is 1. The first-order chi connectivity index (χ1) is 13.6. The minimum absolute atomic E-state index is 0.0320. The van der Waals surface area contributed by atoms with E-state index < -0.39 is 0 Å². The summed E-state index contributed by atoms with van der Waals surface area (Å²) in [5.74, 6) is 1.83. The number of nitrogens with one attached hydrogen (secondary N) is 1. The summed E-state index contributed by atoms with van der Waals surface area (Å²) < 4.78 is 2.17. The number of aryl methyl sites for hydroxylation is 2. The molecule has 1 aromatic heterocycles. The lowest BCUT2D eigenvalue weighted by atomic mass is 10.1. The summed E-state index contributed by atoms with van der Waals surface area (Å²) >= 11 is 1.44. The Morgan fingerprint density at radius 3 is 2.61 bits per heavy atom. The van der Waals surface area contributed by atoms with Crippen LogP contribution in [0.1, 0.15) is 41.3 Å². The van der Waals surface area contributed by atoms with Gasteiger partial charge in [-0.05, 0) is 55.5 Å². The zero-order chi connectivity index (χ0) is 19.5. The molecule has 1 heterocycles. The number of benzene rings is 2. The highest BCUT2D eigenvalue weighted by atomic mass is 32.2. The first-order valence-electron chi connectivity index (χ1n) is 9.57. The van der Waals surface area contributed by atoms with Crippen molar-refractivity contribution in [1.29, 1.82) is 0 Å². The highest BCUT2D eigenvalue weighted by Crippen LogP contribution is 2.40. The highest BCUT2D eigenvalue weighted by Gasteiger charge is 2.30. The summed E-state index contributed by atoms with van der Waals surface area (Å²) in [5.41, 5.74) is 4.43. The molecule has 144 valence electrons. The summed E-state index contributed by atoms with van der Waals surface area (Å²) in [5, 5.41) is 12.6. The van der Waals surface area contributed by atoms with Gasteiger partial charge in [0.1, 0.15) is 5.82 Å². The van der Waals surface area contributed by atoms with E-state index in [0.717, 1.165) is 23.2 Å². The summed E-state index contributed by atoms with van der Waals surface area (Å²) in [6, 6.07) is 16.3. The van der Waals surface area contributed by atoms with Gasteiger partial charge in [-0.2, -0.15) is 0 Å². The van der Waals surface area contributed by atoms with Crippen molar-refractivity contribution in [2.75, 3.05) is 11.1 Å². The van der Waals surface area contributed by atoms with E-state index in [2.05, 4.69) is 39.1 Å². The van der Waals surface area contributed by atoms with Crippen LogP contribution in [0.2, 0.25) is 0 Å². The molecule has 1 saturated carbocycles. The molecule has 0 atom stereocenters. The van der Waals surface area contributed by atoms with Crippen LogP contribution in [0.5, 0.6) is 0 Å². The van der Waals surface area contributed by atoms with Crippen molar-refractivity contribution < 1.29 is 4.79 Å². The maximum absolute atomic E-state index is 12.4. The van der Waals surface area contributed by atoms with Gasteiger partial charge in [0.05, 0.1) is 12.3 Å².